The minimum atomic E-state index is -0.648. The lowest BCUT2D eigenvalue weighted by molar-refractivity contribution is -0.122. The van der Waals surface area contributed by atoms with E-state index in [-0.39, 0.29) is 6.04 Å². The number of carbonyl (C=O) groups is 2. The van der Waals surface area contributed by atoms with E-state index < -0.39 is 23.6 Å². The molecule has 0 saturated carbocycles. The summed E-state index contributed by atoms with van der Waals surface area (Å²) in [4.78, 5) is 24.2. The van der Waals surface area contributed by atoms with Crippen molar-refractivity contribution < 1.29 is 14.3 Å². The van der Waals surface area contributed by atoms with Crippen LogP contribution in [0.3, 0.4) is 0 Å². The summed E-state index contributed by atoms with van der Waals surface area (Å²) in [6, 6.07) is -0.866. The molecule has 2 atom stereocenters. The summed E-state index contributed by atoms with van der Waals surface area (Å²) >= 11 is 0. The number of nitrogens with zero attached hydrogens (tertiary/aromatic N) is 1. The Bertz CT molecular complexity index is 298. The van der Waals surface area contributed by atoms with E-state index in [4.69, 9.17) is 16.2 Å². The van der Waals surface area contributed by atoms with Gasteiger partial charge in [0.05, 0.1) is 0 Å². The van der Waals surface area contributed by atoms with E-state index in [1.54, 1.807) is 20.8 Å². The van der Waals surface area contributed by atoms with Crippen LogP contribution in [0.25, 0.3) is 0 Å². The van der Waals surface area contributed by atoms with E-state index in [0.29, 0.717) is 13.0 Å². The molecule has 1 heterocycles. The van der Waals surface area contributed by atoms with Crippen molar-refractivity contribution in [1.82, 2.24) is 4.90 Å². The van der Waals surface area contributed by atoms with Crippen LogP contribution in [0.1, 0.15) is 27.2 Å². The molecule has 2 unspecified atom stereocenters. The standard InChI is InChI=1S/C10H19N3O3/c1-10(2,3)16-9(15)13-5-6(11)4-7(13)8(12)14/h6-7H,4-5,11H2,1-3H3,(H2,12,14). The molecule has 0 bridgehead atoms. The lowest BCUT2D eigenvalue weighted by Crippen LogP contribution is -2.45. The number of carbonyl (C=O) groups excluding carboxylic acids is 2. The molecule has 0 radical (unpaired) electrons. The van der Waals surface area contributed by atoms with Crippen molar-refractivity contribution in [1.29, 1.82) is 0 Å². The van der Waals surface area contributed by atoms with Gasteiger partial charge in [-0.15, -0.1) is 0 Å². The zero-order valence-electron chi connectivity index (χ0n) is 9.90. The van der Waals surface area contributed by atoms with Crippen molar-refractivity contribution in [3.8, 4) is 0 Å². The lowest BCUT2D eigenvalue weighted by atomic mass is 10.2. The molecule has 4 N–H and O–H groups in total. The molecular weight excluding hydrogens is 210 g/mol. The first-order valence-corrected chi connectivity index (χ1v) is 5.25. The van der Waals surface area contributed by atoms with Gasteiger partial charge in [-0.2, -0.15) is 0 Å². The molecular formula is C10H19N3O3. The number of hydrogen-bond donors (Lipinski definition) is 2. The number of ether oxygens (including phenoxy) is 1. The summed E-state index contributed by atoms with van der Waals surface area (Å²) in [5.74, 6) is -0.543. The van der Waals surface area contributed by atoms with Gasteiger partial charge in [-0.1, -0.05) is 0 Å². The topological polar surface area (TPSA) is 98.7 Å². The van der Waals surface area contributed by atoms with Gasteiger partial charge in [-0.3, -0.25) is 9.69 Å². The zero-order chi connectivity index (χ0) is 12.5. The maximum atomic E-state index is 11.8. The van der Waals surface area contributed by atoms with E-state index in [0.717, 1.165) is 0 Å². The Morgan fingerprint density at radius 3 is 2.38 bits per heavy atom. The van der Waals surface area contributed by atoms with Crippen LogP contribution < -0.4 is 11.5 Å². The highest BCUT2D eigenvalue weighted by atomic mass is 16.6. The molecule has 1 aliphatic heterocycles. The molecule has 1 saturated heterocycles. The van der Waals surface area contributed by atoms with E-state index in [9.17, 15) is 9.59 Å². The number of rotatable bonds is 1. The van der Waals surface area contributed by atoms with Crippen LogP contribution in [-0.4, -0.2) is 41.1 Å². The van der Waals surface area contributed by atoms with Crippen LogP contribution in [0.15, 0.2) is 0 Å². The van der Waals surface area contributed by atoms with Gasteiger partial charge in [0.25, 0.3) is 0 Å². The molecule has 92 valence electrons. The number of amides is 2. The Morgan fingerprint density at radius 2 is 1.94 bits per heavy atom. The molecule has 1 aliphatic rings. The van der Waals surface area contributed by atoms with Gasteiger partial charge < -0.3 is 16.2 Å². The normalized spacial score (nSPS) is 25.6. The zero-order valence-corrected chi connectivity index (χ0v) is 9.90. The van der Waals surface area contributed by atoms with Gasteiger partial charge >= 0.3 is 6.09 Å². The molecule has 1 fully saturated rings. The van der Waals surface area contributed by atoms with E-state index >= 15 is 0 Å². The summed E-state index contributed by atoms with van der Waals surface area (Å²) in [5.41, 5.74) is 10.3. The highest BCUT2D eigenvalue weighted by Crippen LogP contribution is 2.19. The number of likely N-dealkylation sites (tertiary alicyclic amines) is 1. The second-order valence-corrected chi connectivity index (χ2v) is 5.05. The maximum absolute atomic E-state index is 11.8. The first-order valence-electron chi connectivity index (χ1n) is 5.25. The Hall–Kier alpha value is -1.30. The average Bonchev–Trinajstić information content (AvgIpc) is 2.44. The van der Waals surface area contributed by atoms with Gasteiger partial charge in [-0.05, 0) is 27.2 Å². The molecule has 0 aromatic carbocycles. The number of hydrogen-bond acceptors (Lipinski definition) is 4. The highest BCUT2D eigenvalue weighted by molar-refractivity contribution is 5.85. The summed E-state index contributed by atoms with van der Waals surface area (Å²) < 4.78 is 5.17. The second kappa shape index (κ2) is 4.29. The van der Waals surface area contributed by atoms with Gasteiger partial charge in [0.15, 0.2) is 0 Å². The van der Waals surface area contributed by atoms with Gasteiger partial charge in [0.2, 0.25) is 5.91 Å². The molecule has 6 nitrogen and oxygen atoms in total. The highest BCUT2D eigenvalue weighted by Gasteiger charge is 2.39. The van der Waals surface area contributed by atoms with Crippen LogP contribution >= 0.6 is 0 Å². The van der Waals surface area contributed by atoms with E-state index in [1.807, 2.05) is 0 Å². The molecule has 1 rings (SSSR count). The molecule has 0 aromatic rings. The molecule has 0 spiro atoms. The first-order chi connectivity index (χ1) is 7.20. The van der Waals surface area contributed by atoms with Gasteiger partial charge in [0.1, 0.15) is 11.6 Å². The van der Waals surface area contributed by atoms with Crippen molar-refractivity contribution in [3.05, 3.63) is 0 Å². The Morgan fingerprint density at radius 1 is 1.38 bits per heavy atom. The Balaban J connectivity index is 2.71. The summed E-state index contributed by atoms with van der Waals surface area (Å²) in [7, 11) is 0. The molecule has 16 heavy (non-hydrogen) atoms. The predicted octanol–water partition coefficient (Wildman–Crippen LogP) is -0.192. The minimum absolute atomic E-state index is 0.218. The van der Waals surface area contributed by atoms with Crippen LogP contribution in [0.4, 0.5) is 4.79 Å². The van der Waals surface area contributed by atoms with Crippen LogP contribution in [-0.2, 0) is 9.53 Å². The summed E-state index contributed by atoms with van der Waals surface area (Å²) in [6.45, 7) is 5.60. The van der Waals surface area contributed by atoms with Gasteiger partial charge in [0, 0.05) is 12.6 Å². The average molecular weight is 229 g/mol. The third kappa shape index (κ3) is 3.10. The maximum Gasteiger partial charge on any atom is 0.411 e. The fourth-order valence-electron chi connectivity index (χ4n) is 1.66. The largest absolute Gasteiger partial charge is 0.444 e. The van der Waals surface area contributed by atoms with Crippen molar-refractivity contribution in [2.45, 2.75) is 44.9 Å². The Kier molecular flexibility index (Phi) is 3.42. The fourth-order valence-corrected chi connectivity index (χ4v) is 1.66. The quantitative estimate of drug-likeness (QED) is 0.651. The van der Waals surface area contributed by atoms with Crippen LogP contribution in [0.2, 0.25) is 0 Å². The van der Waals surface area contributed by atoms with Crippen molar-refractivity contribution in [2.24, 2.45) is 11.5 Å². The lowest BCUT2D eigenvalue weighted by Gasteiger charge is -2.27. The van der Waals surface area contributed by atoms with Gasteiger partial charge in [-0.25, -0.2) is 4.79 Å². The number of nitrogens with two attached hydrogens (primary N) is 2. The van der Waals surface area contributed by atoms with Crippen LogP contribution in [0.5, 0.6) is 0 Å². The van der Waals surface area contributed by atoms with Crippen molar-refractivity contribution in [2.75, 3.05) is 6.54 Å². The molecule has 6 heteroatoms. The molecule has 0 aromatic heterocycles. The fraction of sp³-hybridized carbons (Fsp3) is 0.800. The van der Waals surface area contributed by atoms with E-state index in [2.05, 4.69) is 0 Å². The van der Waals surface area contributed by atoms with Crippen molar-refractivity contribution in [3.63, 3.8) is 0 Å². The smallest absolute Gasteiger partial charge is 0.411 e. The summed E-state index contributed by atoms with van der Waals surface area (Å²) in [5, 5.41) is 0. The van der Waals surface area contributed by atoms with Crippen molar-refractivity contribution >= 4 is 12.0 Å². The van der Waals surface area contributed by atoms with Crippen LogP contribution in [0, 0.1) is 0 Å². The minimum Gasteiger partial charge on any atom is -0.444 e. The summed E-state index contributed by atoms with van der Waals surface area (Å²) in [6.07, 6.45) is -0.140. The third-order valence-electron chi connectivity index (χ3n) is 2.29. The SMILES string of the molecule is CC(C)(C)OC(=O)N1CC(N)CC1C(N)=O. The number of primary amides is 1. The Labute approximate surface area is 94.9 Å². The second-order valence-electron chi connectivity index (χ2n) is 5.05. The third-order valence-corrected chi connectivity index (χ3v) is 2.29. The molecule has 2 amide bonds. The monoisotopic (exact) mass is 229 g/mol. The van der Waals surface area contributed by atoms with E-state index in [1.165, 1.54) is 4.90 Å². The molecule has 0 aliphatic carbocycles. The predicted molar refractivity (Wildman–Crippen MR) is 58.5 cm³/mol. The first kappa shape index (κ1) is 12.8.